The summed E-state index contributed by atoms with van der Waals surface area (Å²) in [7, 11) is 0. The quantitative estimate of drug-likeness (QED) is 0.620. The number of rotatable bonds is 7. The Kier molecular flexibility index (Phi) is 6.42. The van der Waals surface area contributed by atoms with Crippen molar-refractivity contribution in [2.24, 2.45) is 4.99 Å². The van der Waals surface area contributed by atoms with Gasteiger partial charge in [0.2, 0.25) is 11.8 Å². The molecule has 3 N–H and O–H groups in total. The third-order valence-electron chi connectivity index (χ3n) is 2.71. The molecule has 1 aliphatic rings. The van der Waals surface area contributed by atoms with E-state index >= 15 is 0 Å². The van der Waals surface area contributed by atoms with Crippen molar-refractivity contribution in [2.75, 3.05) is 6.54 Å². The van der Waals surface area contributed by atoms with Gasteiger partial charge in [0.25, 0.3) is 0 Å². The Morgan fingerprint density at radius 1 is 1.40 bits per heavy atom. The van der Waals surface area contributed by atoms with Crippen molar-refractivity contribution in [3.05, 3.63) is 11.8 Å². The minimum atomic E-state index is -1.10. The molecule has 110 valence electrons. The highest BCUT2D eigenvalue weighted by atomic mass is 16.4. The van der Waals surface area contributed by atoms with E-state index in [1.54, 1.807) is 6.21 Å². The Bertz CT molecular complexity index is 443. The number of aliphatic imine (C=N–C) groups is 1. The summed E-state index contributed by atoms with van der Waals surface area (Å²) in [6, 6.07) is -0.999. The molecule has 0 spiro atoms. The second kappa shape index (κ2) is 8.08. The molecule has 0 aromatic heterocycles. The van der Waals surface area contributed by atoms with Gasteiger partial charge in [-0.2, -0.15) is 0 Å². The van der Waals surface area contributed by atoms with Gasteiger partial charge >= 0.3 is 5.97 Å². The molecule has 0 aromatic rings. The molecule has 20 heavy (non-hydrogen) atoms. The fraction of sp³-hybridized carbons (Fsp3) is 0.538. The smallest absolute Gasteiger partial charge is 0.326 e. The van der Waals surface area contributed by atoms with Crippen LogP contribution in [-0.4, -0.2) is 41.7 Å². The van der Waals surface area contributed by atoms with E-state index in [-0.39, 0.29) is 25.3 Å². The number of aliphatic carboxylic acids is 1. The van der Waals surface area contributed by atoms with Crippen LogP contribution in [0.3, 0.4) is 0 Å². The Labute approximate surface area is 117 Å². The summed E-state index contributed by atoms with van der Waals surface area (Å²) in [6.45, 7) is 1.54. The largest absolute Gasteiger partial charge is 0.480 e. The Hall–Kier alpha value is -2.18. The van der Waals surface area contributed by atoms with E-state index < -0.39 is 17.9 Å². The van der Waals surface area contributed by atoms with E-state index in [1.165, 1.54) is 6.92 Å². The van der Waals surface area contributed by atoms with E-state index in [0.29, 0.717) is 5.70 Å². The van der Waals surface area contributed by atoms with Gasteiger partial charge in [0.1, 0.15) is 6.04 Å². The molecule has 0 aliphatic carbocycles. The lowest BCUT2D eigenvalue weighted by molar-refractivity contribution is -0.141. The van der Waals surface area contributed by atoms with Gasteiger partial charge in [0, 0.05) is 38.2 Å². The maximum Gasteiger partial charge on any atom is 0.326 e. The van der Waals surface area contributed by atoms with Crippen molar-refractivity contribution in [3.63, 3.8) is 0 Å². The summed E-state index contributed by atoms with van der Waals surface area (Å²) >= 11 is 0. The van der Waals surface area contributed by atoms with Gasteiger partial charge in [-0.05, 0) is 12.8 Å². The number of carbonyl (C=O) groups excluding carboxylic acids is 2. The normalized spacial score (nSPS) is 15.2. The average molecular weight is 281 g/mol. The van der Waals surface area contributed by atoms with Crippen LogP contribution in [-0.2, 0) is 14.4 Å². The first kappa shape index (κ1) is 15.9. The highest BCUT2D eigenvalue weighted by Gasteiger charge is 2.21. The van der Waals surface area contributed by atoms with Crippen LogP contribution in [0.15, 0.2) is 16.8 Å². The van der Waals surface area contributed by atoms with Gasteiger partial charge < -0.3 is 15.7 Å². The number of amides is 2. The molecule has 0 aromatic carbocycles. The van der Waals surface area contributed by atoms with Gasteiger partial charge in [0.05, 0.1) is 0 Å². The first-order valence-electron chi connectivity index (χ1n) is 6.47. The predicted octanol–water partition coefficient (Wildman–Crippen LogP) is 0.221. The number of hydrogen-bond donors (Lipinski definition) is 3. The Morgan fingerprint density at radius 3 is 2.70 bits per heavy atom. The lowest BCUT2D eigenvalue weighted by atomic mass is 10.1. The highest BCUT2D eigenvalue weighted by Crippen LogP contribution is 2.13. The molecule has 1 rings (SSSR count). The maximum absolute atomic E-state index is 11.6. The third-order valence-corrected chi connectivity index (χ3v) is 2.71. The van der Waals surface area contributed by atoms with Crippen LogP contribution in [0, 0.1) is 0 Å². The van der Waals surface area contributed by atoms with Crippen LogP contribution in [0.25, 0.3) is 0 Å². The number of hydrogen-bond acceptors (Lipinski definition) is 4. The van der Waals surface area contributed by atoms with Gasteiger partial charge in [-0.1, -0.05) is 6.08 Å². The van der Waals surface area contributed by atoms with Gasteiger partial charge in [0.15, 0.2) is 0 Å². The molecular formula is C13H19N3O4. The number of nitrogens with zero attached hydrogens (tertiary/aromatic N) is 1. The molecule has 1 aliphatic heterocycles. The fourth-order valence-electron chi connectivity index (χ4n) is 1.72. The lowest BCUT2D eigenvalue weighted by Crippen LogP contribution is -2.42. The molecule has 7 nitrogen and oxygen atoms in total. The van der Waals surface area contributed by atoms with Gasteiger partial charge in [-0.3, -0.25) is 14.6 Å². The van der Waals surface area contributed by atoms with E-state index in [0.717, 1.165) is 12.8 Å². The summed E-state index contributed by atoms with van der Waals surface area (Å²) in [5.74, 6) is -1.74. The van der Waals surface area contributed by atoms with Gasteiger partial charge in [-0.25, -0.2) is 4.79 Å². The zero-order valence-corrected chi connectivity index (χ0v) is 11.4. The predicted molar refractivity (Wildman–Crippen MR) is 73.3 cm³/mol. The molecular weight excluding hydrogens is 262 g/mol. The van der Waals surface area contributed by atoms with Crippen LogP contribution < -0.4 is 10.6 Å². The van der Waals surface area contributed by atoms with Crippen LogP contribution in [0.1, 0.15) is 32.6 Å². The molecule has 1 unspecified atom stereocenters. The number of carboxylic acids is 1. The molecule has 0 saturated heterocycles. The molecule has 2 amide bonds. The summed E-state index contributed by atoms with van der Waals surface area (Å²) < 4.78 is 0. The van der Waals surface area contributed by atoms with Crippen LogP contribution in [0.4, 0.5) is 0 Å². The van der Waals surface area contributed by atoms with E-state index in [2.05, 4.69) is 15.6 Å². The number of nitrogens with one attached hydrogen (secondary N) is 2. The SMILES string of the molecule is CC(=O)NCCC(=O)NC(CC1=CCCC=N1)C(=O)O. The first-order chi connectivity index (χ1) is 9.49. The summed E-state index contributed by atoms with van der Waals surface area (Å²) in [4.78, 5) is 37.5. The average Bonchev–Trinajstić information content (AvgIpc) is 2.38. The van der Waals surface area contributed by atoms with E-state index in [4.69, 9.17) is 5.11 Å². The maximum atomic E-state index is 11.6. The molecule has 1 heterocycles. The molecule has 1 atom stereocenters. The topological polar surface area (TPSA) is 108 Å². The van der Waals surface area contributed by atoms with Crippen molar-refractivity contribution in [1.82, 2.24) is 10.6 Å². The molecule has 0 saturated carbocycles. The zero-order chi connectivity index (χ0) is 15.0. The molecule has 0 fully saturated rings. The Balaban J connectivity index is 2.44. The third kappa shape index (κ3) is 6.12. The number of carbonyl (C=O) groups is 3. The first-order valence-corrected chi connectivity index (χ1v) is 6.47. The summed E-state index contributed by atoms with van der Waals surface area (Å²) in [6.07, 6.45) is 5.52. The van der Waals surface area contributed by atoms with E-state index in [1.807, 2.05) is 6.08 Å². The zero-order valence-electron chi connectivity index (χ0n) is 11.4. The van der Waals surface area contributed by atoms with Crippen molar-refractivity contribution >= 4 is 24.0 Å². The second-order valence-corrected chi connectivity index (χ2v) is 4.48. The highest BCUT2D eigenvalue weighted by molar-refractivity contribution is 5.84. The van der Waals surface area contributed by atoms with Crippen molar-refractivity contribution in [2.45, 2.75) is 38.6 Å². The van der Waals surface area contributed by atoms with Gasteiger partial charge in [-0.15, -0.1) is 0 Å². The molecule has 0 bridgehead atoms. The van der Waals surface area contributed by atoms with Crippen LogP contribution >= 0.6 is 0 Å². The lowest BCUT2D eigenvalue weighted by Gasteiger charge is -2.16. The van der Waals surface area contributed by atoms with Crippen molar-refractivity contribution in [3.8, 4) is 0 Å². The molecule has 7 heteroatoms. The summed E-state index contributed by atoms with van der Waals surface area (Å²) in [5.41, 5.74) is 0.672. The number of allylic oxidation sites excluding steroid dienone is 1. The molecule has 0 radical (unpaired) electrons. The number of carboxylic acid groups (broad SMARTS) is 1. The standard InChI is InChI=1S/C13H19N3O4/c1-9(17)14-7-5-12(18)16-11(13(19)20)8-10-4-2-3-6-15-10/h4,6,11H,2-3,5,7-8H2,1H3,(H,14,17)(H,16,18)(H,19,20). The van der Waals surface area contributed by atoms with Crippen molar-refractivity contribution in [1.29, 1.82) is 0 Å². The van der Waals surface area contributed by atoms with Crippen LogP contribution in [0.2, 0.25) is 0 Å². The monoisotopic (exact) mass is 281 g/mol. The minimum Gasteiger partial charge on any atom is -0.480 e. The van der Waals surface area contributed by atoms with Crippen LogP contribution in [0.5, 0.6) is 0 Å². The summed E-state index contributed by atoms with van der Waals surface area (Å²) in [5, 5.41) is 14.0. The second-order valence-electron chi connectivity index (χ2n) is 4.48. The minimum absolute atomic E-state index is 0.0473. The van der Waals surface area contributed by atoms with Crippen molar-refractivity contribution < 1.29 is 19.5 Å². The van der Waals surface area contributed by atoms with E-state index in [9.17, 15) is 14.4 Å². The Morgan fingerprint density at radius 2 is 2.15 bits per heavy atom. The fourth-order valence-corrected chi connectivity index (χ4v) is 1.72.